The molecule has 0 saturated carbocycles. The molecule has 1 N–H and O–H groups in total. The number of amides is 2. The number of carbonyl (C=O) groups is 1. The largest absolute Gasteiger partial charge is 0.345 e. The number of benzene rings is 1. The average Bonchev–Trinajstić information content (AvgIpc) is 2.92. The van der Waals surface area contributed by atoms with Gasteiger partial charge < -0.3 is 14.8 Å². The molecule has 0 unspecified atom stereocenters. The summed E-state index contributed by atoms with van der Waals surface area (Å²) in [5, 5.41) is 3.12. The van der Waals surface area contributed by atoms with Gasteiger partial charge in [0.05, 0.1) is 6.04 Å². The number of hydrogen-bond donors (Lipinski definition) is 1. The van der Waals surface area contributed by atoms with Gasteiger partial charge in [-0.2, -0.15) is 0 Å². The smallest absolute Gasteiger partial charge is 0.322 e. The number of urea groups is 1. The highest BCUT2D eigenvalue weighted by atomic mass is 16.2. The van der Waals surface area contributed by atoms with E-state index in [-0.39, 0.29) is 12.1 Å². The van der Waals surface area contributed by atoms with Crippen molar-refractivity contribution in [2.45, 2.75) is 47.2 Å². The topological polar surface area (TPSA) is 37.3 Å². The van der Waals surface area contributed by atoms with E-state index < -0.39 is 0 Å². The molecule has 4 nitrogen and oxygen atoms in total. The zero-order valence-corrected chi connectivity index (χ0v) is 15.3. The van der Waals surface area contributed by atoms with Crippen molar-refractivity contribution in [1.29, 1.82) is 0 Å². The number of fused-ring (bicyclic) bond motifs is 1. The molecule has 2 aromatic rings. The fourth-order valence-corrected chi connectivity index (χ4v) is 3.66. The monoisotopic (exact) mass is 325 g/mol. The fraction of sp³-hybridized carbons (Fsp3) is 0.450. The van der Waals surface area contributed by atoms with Crippen LogP contribution in [-0.4, -0.2) is 22.0 Å². The minimum absolute atomic E-state index is 0.00694. The van der Waals surface area contributed by atoms with Crippen LogP contribution < -0.4 is 5.32 Å². The minimum atomic E-state index is -0.00694. The molecule has 3 rings (SSSR count). The van der Waals surface area contributed by atoms with Gasteiger partial charge in [0.2, 0.25) is 0 Å². The second kappa shape index (κ2) is 6.34. The normalized spacial score (nSPS) is 17.1. The quantitative estimate of drug-likeness (QED) is 0.857. The Labute approximate surface area is 144 Å². The lowest BCUT2D eigenvalue weighted by atomic mass is 9.97. The first-order chi connectivity index (χ1) is 11.4. The van der Waals surface area contributed by atoms with Crippen LogP contribution in [0.15, 0.2) is 30.3 Å². The first-order valence-electron chi connectivity index (χ1n) is 8.70. The van der Waals surface area contributed by atoms with Crippen molar-refractivity contribution in [2.75, 3.05) is 11.9 Å². The lowest BCUT2D eigenvalue weighted by Crippen LogP contribution is -2.46. The summed E-state index contributed by atoms with van der Waals surface area (Å²) >= 11 is 0. The Hall–Kier alpha value is -2.23. The van der Waals surface area contributed by atoms with Gasteiger partial charge in [0, 0.05) is 30.2 Å². The Morgan fingerprint density at radius 3 is 2.58 bits per heavy atom. The van der Waals surface area contributed by atoms with E-state index in [1.54, 1.807) is 0 Å². The van der Waals surface area contributed by atoms with Crippen molar-refractivity contribution >= 4 is 11.7 Å². The molecule has 0 radical (unpaired) electrons. The lowest BCUT2D eigenvalue weighted by molar-refractivity contribution is 0.143. The molecule has 1 aliphatic rings. The molecule has 4 heteroatoms. The van der Waals surface area contributed by atoms with Gasteiger partial charge in [-0.05, 0) is 56.0 Å². The Morgan fingerprint density at radius 1 is 1.12 bits per heavy atom. The van der Waals surface area contributed by atoms with E-state index in [0.29, 0.717) is 5.92 Å². The highest BCUT2D eigenvalue weighted by Crippen LogP contribution is 2.34. The number of aromatic nitrogens is 1. The van der Waals surface area contributed by atoms with Crippen molar-refractivity contribution in [1.82, 2.24) is 9.47 Å². The molecule has 1 aromatic carbocycles. The van der Waals surface area contributed by atoms with Crippen LogP contribution in [0.5, 0.6) is 0 Å². The second-order valence-corrected chi connectivity index (χ2v) is 7.11. The van der Waals surface area contributed by atoms with Crippen LogP contribution in [0.4, 0.5) is 10.5 Å². The summed E-state index contributed by atoms with van der Waals surface area (Å²) in [5.74, 6) is 0.364. The van der Waals surface area contributed by atoms with Crippen molar-refractivity contribution in [2.24, 2.45) is 5.92 Å². The van der Waals surface area contributed by atoms with Gasteiger partial charge in [0.1, 0.15) is 0 Å². The maximum absolute atomic E-state index is 13.0. The molecule has 0 saturated heterocycles. The number of nitrogens with one attached hydrogen (secondary N) is 1. The van der Waals surface area contributed by atoms with E-state index in [0.717, 1.165) is 24.3 Å². The average molecular weight is 325 g/mol. The highest BCUT2D eigenvalue weighted by molar-refractivity contribution is 5.90. The molecule has 0 aliphatic carbocycles. The molecule has 1 aromatic heterocycles. The van der Waals surface area contributed by atoms with Gasteiger partial charge >= 0.3 is 6.03 Å². The maximum Gasteiger partial charge on any atom is 0.322 e. The third-order valence-corrected chi connectivity index (χ3v) is 5.17. The molecule has 0 bridgehead atoms. The summed E-state index contributed by atoms with van der Waals surface area (Å²) in [4.78, 5) is 15.0. The van der Waals surface area contributed by atoms with Gasteiger partial charge in [0.25, 0.3) is 0 Å². The Bertz CT molecular complexity index is 760. The molecule has 0 fully saturated rings. The molecule has 0 spiro atoms. The third-order valence-electron chi connectivity index (χ3n) is 5.17. The van der Waals surface area contributed by atoms with Crippen molar-refractivity contribution < 1.29 is 4.79 Å². The first kappa shape index (κ1) is 16.6. The van der Waals surface area contributed by atoms with Crippen LogP contribution in [0.25, 0.3) is 0 Å². The van der Waals surface area contributed by atoms with Gasteiger partial charge in [-0.15, -0.1) is 0 Å². The van der Waals surface area contributed by atoms with Crippen LogP contribution in [0.2, 0.25) is 0 Å². The predicted molar refractivity (Wildman–Crippen MR) is 98.4 cm³/mol. The lowest BCUT2D eigenvalue weighted by Gasteiger charge is -2.39. The van der Waals surface area contributed by atoms with E-state index in [2.05, 4.69) is 62.7 Å². The maximum atomic E-state index is 13.0. The van der Waals surface area contributed by atoms with Crippen LogP contribution in [-0.2, 0) is 6.54 Å². The number of carbonyl (C=O) groups excluding carboxylic acids is 1. The number of aryl methyl sites for hydroxylation is 2. The van der Waals surface area contributed by atoms with E-state index in [1.807, 2.05) is 17.0 Å². The Balaban J connectivity index is 1.88. The molecule has 1 aliphatic heterocycles. The fourth-order valence-electron chi connectivity index (χ4n) is 3.66. The molecule has 24 heavy (non-hydrogen) atoms. The van der Waals surface area contributed by atoms with Gasteiger partial charge in [-0.25, -0.2) is 4.79 Å². The summed E-state index contributed by atoms with van der Waals surface area (Å²) < 4.78 is 2.34. The van der Waals surface area contributed by atoms with Crippen molar-refractivity contribution in [3.8, 4) is 0 Å². The minimum Gasteiger partial charge on any atom is -0.345 e. The second-order valence-electron chi connectivity index (χ2n) is 7.11. The summed E-state index contributed by atoms with van der Waals surface area (Å²) in [5.41, 5.74) is 5.73. The molecule has 1 atom stereocenters. The van der Waals surface area contributed by atoms with E-state index in [1.165, 1.54) is 17.0 Å². The van der Waals surface area contributed by atoms with E-state index in [9.17, 15) is 4.79 Å². The predicted octanol–water partition coefficient (Wildman–Crippen LogP) is 4.66. The van der Waals surface area contributed by atoms with Gasteiger partial charge in [0.15, 0.2) is 0 Å². The zero-order valence-electron chi connectivity index (χ0n) is 15.3. The van der Waals surface area contributed by atoms with E-state index in [4.69, 9.17) is 0 Å². The summed E-state index contributed by atoms with van der Waals surface area (Å²) in [7, 11) is 0. The zero-order chi connectivity index (χ0) is 17.4. The van der Waals surface area contributed by atoms with Crippen LogP contribution >= 0.6 is 0 Å². The van der Waals surface area contributed by atoms with E-state index >= 15 is 0 Å². The molecular weight excluding hydrogens is 298 g/mol. The number of hydrogen-bond acceptors (Lipinski definition) is 1. The molecule has 2 heterocycles. The van der Waals surface area contributed by atoms with Gasteiger partial charge in [-0.1, -0.05) is 26.0 Å². The standard InChI is InChI=1S/C20H27N3O/c1-13(2)19-18-10-9-15(4)22(18)11-12-23(19)20(24)21-17-8-6-7-14(3)16(17)5/h6-10,13,19H,11-12H2,1-5H3,(H,21,24)/t19-/m1/s1. The van der Waals surface area contributed by atoms with Crippen LogP contribution in [0.3, 0.4) is 0 Å². The number of nitrogens with zero attached hydrogens (tertiary/aromatic N) is 2. The first-order valence-corrected chi connectivity index (χ1v) is 8.70. The summed E-state index contributed by atoms with van der Waals surface area (Å²) in [6, 6.07) is 10.4. The van der Waals surface area contributed by atoms with Crippen molar-refractivity contribution in [3.05, 3.63) is 52.8 Å². The van der Waals surface area contributed by atoms with Crippen molar-refractivity contribution in [3.63, 3.8) is 0 Å². The Kier molecular flexibility index (Phi) is 4.39. The van der Waals surface area contributed by atoms with Crippen LogP contribution in [0.1, 0.15) is 42.4 Å². The molecule has 128 valence electrons. The number of rotatable bonds is 2. The van der Waals surface area contributed by atoms with Crippen LogP contribution in [0, 0.1) is 26.7 Å². The molecule has 2 amide bonds. The van der Waals surface area contributed by atoms with Gasteiger partial charge in [-0.3, -0.25) is 0 Å². The number of anilines is 1. The highest BCUT2D eigenvalue weighted by Gasteiger charge is 2.33. The summed E-state index contributed by atoms with van der Waals surface area (Å²) in [6.45, 7) is 12.2. The Morgan fingerprint density at radius 2 is 1.88 bits per heavy atom. The third kappa shape index (κ3) is 2.81. The SMILES string of the molecule is Cc1cccc(NC(=O)N2CCn3c(C)ccc3[C@H]2C(C)C)c1C. The molecular formula is C20H27N3O. The summed E-state index contributed by atoms with van der Waals surface area (Å²) in [6.07, 6.45) is 0.